The van der Waals surface area contributed by atoms with Gasteiger partial charge in [0.1, 0.15) is 0 Å². The normalized spacial score (nSPS) is 21.3. The van der Waals surface area contributed by atoms with Crippen molar-refractivity contribution in [1.82, 2.24) is 9.21 Å². The van der Waals surface area contributed by atoms with Crippen molar-refractivity contribution in [3.05, 3.63) is 29.3 Å². The molecule has 1 aromatic carbocycles. The monoisotopic (exact) mass is 424 g/mol. The van der Waals surface area contributed by atoms with E-state index in [2.05, 4.69) is 6.92 Å². The van der Waals surface area contributed by atoms with Crippen molar-refractivity contribution < 1.29 is 23.0 Å². The van der Waals surface area contributed by atoms with Gasteiger partial charge in [-0.2, -0.15) is 4.31 Å². The van der Waals surface area contributed by atoms with Gasteiger partial charge in [0.15, 0.2) is 6.04 Å². The Bertz CT molecular complexity index is 826. The van der Waals surface area contributed by atoms with E-state index in [0.717, 1.165) is 43.9 Å². The van der Waals surface area contributed by atoms with Crippen LogP contribution in [0.3, 0.4) is 0 Å². The Labute approximate surface area is 175 Å². The highest BCUT2D eigenvalue weighted by Gasteiger charge is 2.37. The number of rotatable bonds is 5. The van der Waals surface area contributed by atoms with Crippen LogP contribution in [0.25, 0.3) is 0 Å². The Kier molecular flexibility index (Phi) is 6.98. The molecule has 2 saturated heterocycles. The molecule has 2 fully saturated rings. The third kappa shape index (κ3) is 4.82. The first kappa shape index (κ1) is 22.2. The molecule has 3 rings (SSSR count). The SMILES string of the molecule is CC[NH+]1CCN(C(=O)[C@@H](C)[NH+]2CCN(S(=O)(=O)c3ccc(C)c(C)c3)CC2)CC1. The van der Waals surface area contributed by atoms with Gasteiger partial charge in [0.2, 0.25) is 10.0 Å². The molecule has 2 heterocycles. The number of likely N-dealkylation sites (N-methyl/N-ethyl adjacent to an activating group) is 1. The second kappa shape index (κ2) is 9.12. The highest BCUT2D eigenvalue weighted by atomic mass is 32.2. The third-order valence-corrected chi connectivity index (χ3v) is 8.64. The number of carbonyl (C=O) groups excluding carboxylic acids is 1. The topological polar surface area (TPSA) is 66.6 Å². The maximum absolute atomic E-state index is 13.0. The smallest absolute Gasteiger partial charge is 0.280 e. The van der Waals surface area contributed by atoms with Crippen LogP contribution in [0.4, 0.5) is 0 Å². The van der Waals surface area contributed by atoms with E-state index in [9.17, 15) is 13.2 Å². The molecule has 2 aliphatic heterocycles. The summed E-state index contributed by atoms with van der Waals surface area (Å²) < 4.78 is 27.6. The van der Waals surface area contributed by atoms with E-state index in [0.29, 0.717) is 31.1 Å². The standard InChI is InChI=1S/C21H34N4O3S/c1-5-22-8-10-24(11-9-22)21(26)19(4)23-12-14-25(15-13-23)29(27,28)20-7-6-17(2)18(3)16-20/h6-7,16,19H,5,8-15H2,1-4H3/p+2/t19-/m1/s1. The van der Waals surface area contributed by atoms with E-state index in [-0.39, 0.29) is 11.9 Å². The summed E-state index contributed by atoms with van der Waals surface area (Å²) in [5.74, 6) is 0.209. The van der Waals surface area contributed by atoms with Crippen molar-refractivity contribution in [1.29, 1.82) is 0 Å². The van der Waals surface area contributed by atoms with E-state index in [1.807, 2.05) is 31.7 Å². The Hall–Kier alpha value is -1.48. The quantitative estimate of drug-likeness (QED) is 0.594. The molecule has 2 N–H and O–H groups in total. The number of carbonyl (C=O) groups is 1. The van der Waals surface area contributed by atoms with Gasteiger partial charge >= 0.3 is 0 Å². The van der Waals surface area contributed by atoms with Gasteiger partial charge in [-0.05, 0) is 51.0 Å². The number of quaternary nitrogens is 2. The van der Waals surface area contributed by atoms with Gasteiger partial charge < -0.3 is 14.7 Å². The van der Waals surface area contributed by atoms with Gasteiger partial charge in [-0.25, -0.2) is 8.42 Å². The van der Waals surface area contributed by atoms with E-state index in [1.165, 1.54) is 4.90 Å². The summed E-state index contributed by atoms with van der Waals surface area (Å²) in [6.07, 6.45) is 0. The van der Waals surface area contributed by atoms with Crippen LogP contribution in [0.1, 0.15) is 25.0 Å². The molecule has 1 aromatic rings. The van der Waals surface area contributed by atoms with E-state index < -0.39 is 10.0 Å². The number of amides is 1. The van der Waals surface area contributed by atoms with Crippen LogP contribution in [-0.4, -0.2) is 88.5 Å². The zero-order chi connectivity index (χ0) is 21.2. The van der Waals surface area contributed by atoms with E-state index >= 15 is 0 Å². The molecule has 1 atom stereocenters. The fraction of sp³-hybridized carbons (Fsp3) is 0.667. The number of hydrogen-bond donors (Lipinski definition) is 2. The van der Waals surface area contributed by atoms with Crippen molar-refractivity contribution in [2.75, 3.05) is 58.9 Å². The molecule has 0 aromatic heterocycles. The van der Waals surface area contributed by atoms with Gasteiger partial charge in [0.05, 0.1) is 63.8 Å². The summed E-state index contributed by atoms with van der Waals surface area (Å²) in [5, 5.41) is 0. The third-order valence-electron chi connectivity index (χ3n) is 6.75. The Morgan fingerprint density at radius 1 is 1.03 bits per heavy atom. The summed E-state index contributed by atoms with van der Waals surface area (Å²) in [4.78, 5) is 18.0. The first-order valence-electron chi connectivity index (χ1n) is 10.8. The molecule has 29 heavy (non-hydrogen) atoms. The average molecular weight is 425 g/mol. The number of nitrogens with zero attached hydrogens (tertiary/aromatic N) is 2. The minimum atomic E-state index is -3.48. The highest BCUT2D eigenvalue weighted by Crippen LogP contribution is 2.19. The number of benzene rings is 1. The number of aryl methyl sites for hydroxylation is 2. The highest BCUT2D eigenvalue weighted by molar-refractivity contribution is 7.89. The van der Waals surface area contributed by atoms with Crippen LogP contribution >= 0.6 is 0 Å². The van der Waals surface area contributed by atoms with Crippen LogP contribution in [0.5, 0.6) is 0 Å². The molecule has 0 bridgehead atoms. The number of sulfonamides is 1. The predicted molar refractivity (Wildman–Crippen MR) is 113 cm³/mol. The molecule has 8 heteroatoms. The van der Waals surface area contributed by atoms with Crippen molar-refractivity contribution >= 4 is 15.9 Å². The summed E-state index contributed by atoms with van der Waals surface area (Å²) in [5.41, 5.74) is 2.08. The van der Waals surface area contributed by atoms with E-state index in [4.69, 9.17) is 0 Å². The number of nitrogens with one attached hydrogen (secondary N) is 2. The maximum Gasteiger partial charge on any atom is 0.280 e. The molecule has 0 radical (unpaired) electrons. The minimum absolute atomic E-state index is 0.121. The predicted octanol–water partition coefficient (Wildman–Crippen LogP) is -1.67. The summed E-state index contributed by atoms with van der Waals surface area (Å²) >= 11 is 0. The van der Waals surface area contributed by atoms with Gasteiger partial charge in [-0.3, -0.25) is 4.79 Å². The zero-order valence-electron chi connectivity index (χ0n) is 18.2. The molecular formula is C21H36N4O3S+2. The summed E-state index contributed by atoms with van der Waals surface area (Å²) in [6, 6.07) is 5.20. The van der Waals surface area contributed by atoms with Crippen molar-refractivity contribution in [2.45, 2.75) is 38.6 Å². The van der Waals surface area contributed by atoms with Gasteiger partial charge in [-0.15, -0.1) is 0 Å². The van der Waals surface area contributed by atoms with Crippen LogP contribution in [-0.2, 0) is 14.8 Å². The van der Waals surface area contributed by atoms with Gasteiger partial charge in [0, 0.05) is 0 Å². The molecule has 1 amide bonds. The first-order chi connectivity index (χ1) is 13.7. The molecule has 0 aliphatic carbocycles. The Morgan fingerprint density at radius 2 is 1.66 bits per heavy atom. The molecule has 0 spiro atoms. The van der Waals surface area contributed by atoms with Crippen LogP contribution in [0.2, 0.25) is 0 Å². The average Bonchev–Trinajstić information content (AvgIpc) is 2.74. The zero-order valence-corrected chi connectivity index (χ0v) is 19.0. The van der Waals surface area contributed by atoms with E-state index in [1.54, 1.807) is 21.3 Å². The minimum Gasteiger partial charge on any atom is -0.332 e. The molecule has 0 saturated carbocycles. The second-order valence-electron chi connectivity index (χ2n) is 8.46. The molecular weight excluding hydrogens is 388 g/mol. The maximum atomic E-state index is 13.0. The lowest BCUT2D eigenvalue weighted by molar-refractivity contribution is -0.918. The van der Waals surface area contributed by atoms with Crippen molar-refractivity contribution in [3.8, 4) is 0 Å². The molecule has 162 valence electrons. The van der Waals surface area contributed by atoms with Gasteiger partial charge in [-0.1, -0.05) is 6.07 Å². The molecule has 2 aliphatic rings. The second-order valence-corrected chi connectivity index (χ2v) is 10.4. The van der Waals surface area contributed by atoms with Crippen molar-refractivity contribution in [3.63, 3.8) is 0 Å². The lowest BCUT2D eigenvalue weighted by atomic mass is 10.1. The summed E-state index contributed by atoms with van der Waals surface area (Å²) in [7, 11) is -3.48. The van der Waals surface area contributed by atoms with Crippen LogP contribution < -0.4 is 9.80 Å². The Balaban J connectivity index is 1.58. The Morgan fingerprint density at radius 3 is 2.21 bits per heavy atom. The van der Waals surface area contributed by atoms with Crippen LogP contribution in [0, 0.1) is 13.8 Å². The lowest BCUT2D eigenvalue weighted by Crippen LogP contribution is -3.19. The van der Waals surface area contributed by atoms with Crippen molar-refractivity contribution in [2.24, 2.45) is 0 Å². The molecule has 0 unspecified atom stereocenters. The lowest BCUT2D eigenvalue weighted by Gasteiger charge is -2.37. The van der Waals surface area contributed by atoms with Gasteiger partial charge in [0.25, 0.3) is 5.91 Å². The summed E-state index contributed by atoms with van der Waals surface area (Å²) in [6.45, 7) is 15.1. The largest absolute Gasteiger partial charge is 0.332 e. The first-order valence-corrected chi connectivity index (χ1v) is 12.2. The fourth-order valence-electron chi connectivity index (χ4n) is 4.32. The molecule has 7 nitrogen and oxygen atoms in total. The van der Waals surface area contributed by atoms with Crippen LogP contribution in [0.15, 0.2) is 23.1 Å². The number of hydrogen-bond acceptors (Lipinski definition) is 3. The number of piperazine rings is 2. The fourth-order valence-corrected chi connectivity index (χ4v) is 5.84.